The second-order valence-electron chi connectivity index (χ2n) is 13.4. The van der Waals surface area contributed by atoms with Crippen molar-refractivity contribution in [2.75, 3.05) is 6.54 Å². The topological polar surface area (TPSA) is 99.1 Å². The molecule has 7 nitrogen and oxygen atoms in total. The fourth-order valence-electron chi connectivity index (χ4n) is 6.60. The summed E-state index contributed by atoms with van der Waals surface area (Å²) in [5, 5.41) is 12.5. The van der Waals surface area contributed by atoms with Crippen molar-refractivity contribution in [2.24, 2.45) is 22.2 Å². The van der Waals surface area contributed by atoms with Crippen molar-refractivity contribution in [1.82, 2.24) is 10.2 Å². The molecule has 0 bridgehead atoms. The van der Waals surface area contributed by atoms with E-state index in [1.54, 1.807) is 30.3 Å². The van der Waals surface area contributed by atoms with Crippen LogP contribution < -0.4 is 5.32 Å². The van der Waals surface area contributed by atoms with Crippen molar-refractivity contribution in [3.8, 4) is 0 Å². The summed E-state index contributed by atoms with van der Waals surface area (Å²) in [6.07, 6.45) is 6.10. The van der Waals surface area contributed by atoms with Crippen LogP contribution in [0.4, 0.5) is 0 Å². The van der Waals surface area contributed by atoms with Crippen molar-refractivity contribution in [3.63, 3.8) is 0 Å². The van der Waals surface area contributed by atoms with Gasteiger partial charge in [-0.2, -0.15) is 0 Å². The highest BCUT2D eigenvalue weighted by Crippen LogP contribution is 2.51. The van der Waals surface area contributed by atoms with Crippen molar-refractivity contribution in [3.05, 3.63) is 69.2 Å². The molecule has 1 aliphatic carbocycles. The van der Waals surface area contributed by atoms with Crippen LogP contribution in [0.2, 0.25) is 10.0 Å². The lowest BCUT2D eigenvalue weighted by Gasteiger charge is -2.48. The first-order chi connectivity index (χ1) is 20.8. The van der Waals surface area contributed by atoms with E-state index in [-0.39, 0.29) is 36.2 Å². The molecule has 0 radical (unpaired) electrons. The summed E-state index contributed by atoms with van der Waals surface area (Å²) in [6.45, 7) is 11.3. The first-order valence-corrected chi connectivity index (χ1v) is 16.5. The van der Waals surface area contributed by atoms with E-state index in [9.17, 15) is 14.4 Å². The lowest BCUT2D eigenvalue weighted by molar-refractivity contribution is -0.137. The Morgan fingerprint density at radius 3 is 2.23 bits per heavy atom. The Labute approximate surface area is 271 Å². The summed E-state index contributed by atoms with van der Waals surface area (Å²) in [5.74, 6) is -0.445. The van der Waals surface area contributed by atoms with Crippen LogP contribution in [0, 0.1) is 17.3 Å². The van der Waals surface area contributed by atoms with Crippen LogP contribution in [-0.4, -0.2) is 45.7 Å². The maximum absolute atomic E-state index is 14.5. The SMILES string of the molecule is CCC(C)(C)C1CCC2(CC1)N=C(c1cc(Cl)cc(Cl)c1)C(=O)N2[C@H](CCC(C)C)c1ccc(C(=O)NCCC(=O)O)cc1. The quantitative estimate of drug-likeness (QED) is 0.243. The van der Waals surface area contributed by atoms with Crippen LogP contribution in [0.5, 0.6) is 0 Å². The molecule has 2 aromatic rings. The minimum Gasteiger partial charge on any atom is -0.481 e. The molecule has 4 rings (SSSR count). The molecule has 0 unspecified atom stereocenters. The second-order valence-corrected chi connectivity index (χ2v) is 14.3. The van der Waals surface area contributed by atoms with E-state index in [0.717, 1.165) is 50.5 Å². The number of rotatable bonds is 12. The van der Waals surface area contributed by atoms with Gasteiger partial charge < -0.3 is 15.3 Å². The van der Waals surface area contributed by atoms with Gasteiger partial charge in [-0.1, -0.05) is 76.4 Å². The maximum Gasteiger partial charge on any atom is 0.305 e. The minimum atomic E-state index is -0.966. The molecule has 0 aromatic heterocycles. The van der Waals surface area contributed by atoms with Crippen molar-refractivity contribution in [2.45, 2.75) is 97.7 Å². The van der Waals surface area contributed by atoms with Gasteiger partial charge in [0, 0.05) is 27.7 Å². The van der Waals surface area contributed by atoms with Gasteiger partial charge >= 0.3 is 5.97 Å². The number of hydrogen-bond donors (Lipinski definition) is 2. The predicted octanol–water partition coefficient (Wildman–Crippen LogP) is 8.33. The molecule has 1 heterocycles. The summed E-state index contributed by atoms with van der Waals surface area (Å²) in [4.78, 5) is 45.3. The third-order valence-electron chi connectivity index (χ3n) is 9.64. The van der Waals surface area contributed by atoms with Crippen LogP contribution in [0.1, 0.15) is 114 Å². The van der Waals surface area contributed by atoms with Crippen LogP contribution >= 0.6 is 23.2 Å². The van der Waals surface area contributed by atoms with Crippen molar-refractivity contribution >= 4 is 46.7 Å². The number of amides is 2. The van der Waals surface area contributed by atoms with Gasteiger partial charge in [0.1, 0.15) is 11.4 Å². The average Bonchev–Trinajstić information content (AvgIpc) is 3.24. The monoisotopic (exact) mass is 641 g/mol. The van der Waals surface area contributed by atoms with E-state index in [2.05, 4.69) is 39.9 Å². The molecule has 2 aromatic carbocycles. The standard InChI is InChI=1S/C35H45Cl2N3O4/c1-6-34(4,5)26-13-16-35(17-14-26)39-31(25-19-27(36)21-28(37)20-25)33(44)40(35)29(12-7-22(2)3)23-8-10-24(11-9-23)32(43)38-18-15-30(41)42/h8-11,19-22,26,29H,6-7,12-18H2,1-5H3,(H,38,43)(H,41,42)/t26?,29-,35?/m1/s1. The molecule has 9 heteroatoms. The van der Waals surface area contributed by atoms with Gasteiger partial charge in [-0.3, -0.25) is 19.4 Å². The van der Waals surface area contributed by atoms with Gasteiger partial charge in [-0.05, 0) is 91.7 Å². The fraction of sp³-hybridized carbons (Fsp3) is 0.543. The largest absolute Gasteiger partial charge is 0.481 e. The summed E-state index contributed by atoms with van der Waals surface area (Å²) in [6, 6.07) is 12.3. The smallest absolute Gasteiger partial charge is 0.305 e. The fourth-order valence-corrected chi connectivity index (χ4v) is 7.13. The van der Waals surface area contributed by atoms with E-state index >= 15 is 0 Å². The number of benzene rings is 2. The summed E-state index contributed by atoms with van der Waals surface area (Å²) < 4.78 is 0. The lowest BCUT2D eigenvalue weighted by Crippen LogP contribution is -2.51. The number of hydrogen-bond acceptors (Lipinski definition) is 4. The average molecular weight is 643 g/mol. The van der Waals surface area contributed by atoms with Crippen molar-refractivity contribution < 1.29 is 19.5 Å². The van der Waals surface area contributed by atoms with Gasteiger partial charge in [0.05, 0.1) is 12.5 Å². The summed E-state index contributed by atoms with van der Waals surface area (Å²) in [7, 11) is 0. The zero-order chi connectivity index (χ0) is 32.2. The normalized spacial score (nSPS) is 21.1. The minimum absolute atomic E-state index is 0.0567. The highest BCUT2D eigenvalue weighted by molar-refractivity contribution is 6.47. The van der Waals surface area contributed by atoms with Crippen LogP contribution in [0.3, 0.4) is 0 Å². The molecular weight excluding hydrogens is 597 g/mol. The third-order valence-corrected chi connectivity index (χ3v) is 10.1. The number of nitrogens with one attached hydrogen (secondary N) is 1. The molecule has 1 aliphatic heterocycles. The molecule has 1 spiro atoms. The van der Waals surface area contributed by atoms with Crippen molar-refractivity contribution in [1.29, 1.82) is 0 Å². The Morgan fingerprint density at radius 1 is 1.07 bits per heavy atom. The first kappa shape index (κ1) is 34.0. The van der Waals surface area contributed by atoms with E-state index < -0.39 is 11.6 Å². The third kappa shape index (κ3) is 7.66. The molecule has 2 aliphatic rings. The molecule has 1 atom stereocenters. The van der Waals surface area contributed by atoms with Crippen LogP contribution in [-0.2, 0) is 9.59 Å². The van der Waals surface area contributed by atoms with E-state index in [1.807, 2.05) is 17.0 Å². The number of nitrogens with zero attached hydrogens (tertiary/aromatic N) is 2. The van der Waals surface area contributed by atoms with E-state index in [0.29, 0.717) is 38.7 Å². The molecule has 2 N–H and O–H groups in total. The van der Waals surface area contributed by atoms with Gasteiger partial charge in [0.2, 0.25) is 0 Å². The predicted molar refractivity (Wildman–Crippen MR) is 176 cm³/mol. The molecule has 0 saturated heterocycles. The highest BCUT2D eigenvalue weighted by Gasteiger charge is 2.53. The Kier molecular flexibility index (Phi) is 10.8. The highest BCUT2D eigenvalue weighted by atomic mass is 35.5. The summed E-state index contributed by atoms with van der Waals surface area (Å²) in [5.41, 5.74) is 1.93. The molecule has 1 saturated carbocycles. The van der Waals surface area contributed by atoms with E-state index in [4.69, 9.17) is 33.3 Å². The maximum atomic E-state index is 14.5. The zero-order valence-electron chi connectivity index (χ0n) is 26.5. The van der Waals surface area contributed by atoms with Crippen LogP contribution in [0.15, 0.2) is 47.5 Å². The molecule has 238 valence electrons. The van der Waals surface area contributed by atoms with Gasteiger partial charge in [-0.25, -0.2) is 0 Å². The van der Waals surface area contributed by atoms with E-state index in [1.165, 1.54) is 0 Å². The van der Waals surface area contributed by atoms with Crippen LogP contribution in [0.25, 0.3) is 0 Å². The molecule has 1 fully saturated rings. The first-order valence-electron chi connectivity index (χ1n) is 15.8. The number of carboxylic acids is 1. The summed E-state index contributed by atoms with van der Waals surface area (Å²) >= 11 is 12.8. The van der Waals surface area contributed by atoms with Gasteiger partial charge in [0.25, 0.3) is 11.8 Å². The molecule has 2 amide bonds. The number of halogens is 2. The Bertz CT molecular complexity index is 1370. The molecule has 44 heavy (non-hydrogen) atoms. The lowest BCUT2D eigenvalue weighted by atomic mass is 9.67. The number of aliphatic imine (C=N–C) groups is 1. The number of carbonyl (C=O) groups excluding carboxylic acids is 2. The molecular formula is C35H45Cl2N3O4. The number of aliphatic carboxylic acids is 1. The second kappa shape index (κ2) is 14.0. The van der Waals surface area contributed by atoms with Gasteiger partial charge in [-0.15, -0.1) is 0 Å². The number of carboxylic acid groups (broad SMARTS) is 1. The number of carbonyl (C=O) groups is 3. The Balaban J connectivity index is 1.73. The Morgan fingerprint density at radius 2 is 1.68 bits per heavy atom. The zero-order valence-corrected chi connectivity index (χ0v) is 28.0. The van der Waals surface area contributed by atoms with Gasteiger partial charge in [0.15, 0.2) is 0 Å². The Hall–Kier alpha value is -2.90.